The zero-order chi connectivity index (χ0) is 16.9. The van der Waals surface area contributed by atoms with E-state index < -0.39 is 0 Å². The molecule has 3 rings (SSSR count). The molecule has 1 N–H and O–H groups in total. The highest BCUT2D eigenvalue weighted by Gasteiger charge is 2.09. The normalized spacial score (nSPS) is 10.4. The van der Waals surface area contributed by atoms with Crippen molar-refractivity contribution >= 4 is 11.6 Å². The quantitative estimate of drug-likeness (QED) is 0.774. The van der Waals surface area contributed by atoms with Crippen molar-refractivity contribution in [1.29, 1.82) is 0 Å². The first-order valence-electron chi connectivity index (χ1n) is 7.60. The van der Waals surface area contributed by atoms with Gasteiger partial charge in [0.2, 0.25) is 11.7 Å². The molecule has 24 heavy (non-hydrogen) atoms. The summed E-state index contributed by atoms with van der Waals surface area (Å²) in [5.74, 6) is 1.53. The highest BCUT2D eigenvalue weighted by molar-refractivity contribution is 6.04. The van der Waals surface area contributed by atoms with Crippen LogP contribution in [0.15, 0.2) is 53.1 Å². The lowest BCUT2D eigenvalue weighted by molar-refractivity contribution is 0.102. The molecule has 0 saturated heterocycles. The van der Waals surface area contributed by atoms with Crippen molar-refractivity contribution < 1.29 is 14.1 Å². The fourth-order valence-electron chi connectivity index (χ4n) is 2.23. The SMILES string of the molecule is CCOc1ccc(C(=O)Nc2cccc(-c3noc(C)n3)c2)cc1. The number of carbonyl (C=O) groups excluding carboxylic acids is 1. The zero-order valence-corrected chi connectivity index (χ0v) is 13.4. The number of carbonyl (C=O) groups is 1. The van der Waals surface area contributed by atoms with E-state index in [9.17, 15) is 4.79 Å². The van der Waals surface area contributed by atoms with Crippen molar-refractivity contribution in [2.45, 2.75) is 13.8 Å². The molecular formula is C18H17N3O3. The molecule has 0 fully saturated rings. The van der Waals surface area contributed by atoms with Crippen molar-refractivity contribution in [2.24, 2.45) is 0 Å². The van der Waals surface area contributed by atoms with Crippen LogP contribution in [0.2, 0.25) is 0 Å². The van der Waals surface area contributed by atoms with Crippen LogP contribution < -0.4 is 10.1 Å². The van der Waals surface area contributed by atoms with Crippen LogP contribution in [0.25, 0.3) is 11.4 Å². The number of benzene rings is 2. The number of aromatic nitrogens is 2. The number of nitrogens with zero attached hydrogens (tertiary/aromatic N) is 2. The minimum absolute atomic E-state index is 0.195. The Hall–Kier alpha value is -3.15. The van der Waals surface area contributed by atoms with E-state index in [1.54, 1.807) is 37.3 Å². The first kappa shape index (κ1) is 15.7. The van der Waals surface area contributed by atoms with Gasteiger partial charge in [-0.2, -0.15) is 4.98 Å². The number of nitrogens with one attached hydrogen (secondary N) is 1. The molecule has 2 aromatic carbocycles. The minimum atomic E-state index is -0.195. The summed E-state index contributed by atoms with van der Waals surface area (Å²) in [5.41, 5.74) is 1.99. The van der Waals surface area contributed by atoms with Crippen LogP contribution in [-0.2, 0) is 0 Å². The second-order valence-electron chi connectivity index (χ2n) is 5.13. The van der Waals surface area contributed by atoms with E-state index in [1.807, 2.05) is 25.1 Å². The Morgan fingerprint density at radius 2 is 2.00 bits per heavy atom. The predicted octanol–water partition coefficient (Wildman–Crippen LogP) is 3.70. The molecule has 0 radical (unpaired) electrons. The van der Waals surface area contributed by atoms with Crippen molar-refractivity contribution in [3.63, 3.8) is 0 Å². The van der Waals surface area contributed by atoms with Gasteiger partial charge in [0.25, 0.3) is 5.91 Å². The van der Waals surface area contributed by atoms with Gasteiger partial charge < -0.3 is 14.6 Å². The Morgan fingerprint density at radius 1 is 1.21 bits per heavy atom. The van der Waals surface area contributed by atoms with E-state index in [2.05, 4.69) is 15.5 Å². The lowest BCUT2D eigenvalue weighted by Gasteiger charge is -2.07. The molecular weight excluding hydrogens is 306 g/mol. The molecule has 0 aliphatic rings. The molecule has 0 aliphatic heterocycles. The van der Waals surface area contributed by atoms with Gasteiger partial charge in [-0.3, -0.25) is 4.79 Å². The Labute approximate surface area is 139 Å². The fourth-order valence-corrected chi connectivity index (χ4v) is 2.23. The average Bonchev–Trinajstić information content (AvgIpc) is 3.03. The van der Waals surface area contributed by atoms with Crippen LogP contribution in [0.4, 0.5) is 5.69 Å². The van der Waals surface area contributed by atoms with Gasteiger partial charge in [-0.05, 0) is 43.3 Å². The van der Waals surface area contributed by atoms with Crippen LogP contribution >= 0.6 is 0 Å². The summed E-state index contributed by atoms with van der Waals surface area (Å²) in [5, 5.41) is 6.74. The van der Waals surface area contributed by atoms with Gasteiger partial charge in [0, 0.05) is 23.7 Å². The molecule has 0 bridgehead atoms. The van der Waals surface area contributed by atoms with Crippen LogP contribution in [0.5, 0.6) is 5.75 Å². The van der Waals surface area contributed by atoms with Crippen LogP contribution in [-0.4, -0.2) is 22.7 Å². The van der Waals surface area contributed by atoms with E-state index >= 15 is 0 Å². The Morgan fingerprint density at radius 3 is 2.67 bits per heavy atom. The molecule has 3 aromatic rings. The second-order valence-corrected chi connectivity index (χ2v) is 5.13. The topological polar surface area (TPSA) is 77.2 Å². The smallest absolute Gasteiger partial charge is 0.255 e. The molecule has 6 heteroatoms. The first-order valence-corrected chi connectivity index (χ1v) is 7.60. The third-order valence-corrected chi connectivity index (χ3v) is 3.33. The van der Waals surface area contributed by atoms with Crippen LogP contribution in [0.3, 0.4) is 0 Å². The summed E-state index contributed by atoms with van der Waals surface area (Å²) >= 11 is 0. The maximum atomic E-state index is 12.3. The third kappa shape index (κ3) is 3.60. The number of anilines is 1. The van der Waals surface area contributed by atoms with Gasteiger partial charge in [-0.15, -0.1) is 0 Å². The van der Waals surface area contributed by atoms with E-state index in [1.165, 1.54) is 0 Å². The van der Waals surface area contributed by atoms with Crippen molar-refractivity contribution in [3.8, 4) is 17.1 Å². The fraction of sp³-hybridized carbons (Fsp3) is 0.167. The average molecular weight is 323 g/mol. The largest absolute Gasteiger partial charge is 0.494 e. The summed E-state index contributed by atoms with van der Waals surface area (Å²) in [6.45, 7) is 4.24. The Balaban J connectivity index is 1.74. The summed E-state index contributed by atoms with van der Waals surface area (Å²) in [6.07, 6.45) is 0. The molecule has 1 aromatic heterocycles. The monoisotopic (exact) mass is 323 g/mol. The summed E-state index contributed by atoms with van der Waals surface area (Å²) in [7, 11) is 0. The molecule has 1 amide bonds. The van der Waals surface area contributed by atoms with Gasteiger partial charge in [-0.25, -0.2) is 0 Å². The minimum Gasteiger partial charge on any atom is -0.494 e. The summed E-state index contributed by atoms with van der Waals surface area (Å²) in [6, 6.07) is 14.3. The highest BCUT2D eigenvalue weighted by Crippen LogP contribution is 2.21. The number of aryl methyl sites for hydroxylation is 1. The van der Waals surface area contributed by atoms with E-state index in [0.717, 1.165) is 11.3 Å². The van der Waals surface area contributed by atoms with E-state index in [-0.39, 0.29) is 5.91 Å². The second kappa shape index (κ2) is 6.95. The molecule has 1 heterocycles. The summed E-state index contributed by atoms with van der Waals surface area (Å²) in [4.78, 5) is 16.5. The van der Waals surface area contributed by atoms with Crippen LogP contribution in [0.1, 0.15) is 23.2 Å². The number of hydrogen-bond acceptors (Lipinski definition) is 5. The first-order chi connectivity index (χ1) is 11.7. The van der Waals surface area contributed by atoms with Gasteiger partial charge in [0.05, 0.1) is 6.61 Å². The number of amides is 1. The number of hydrogen-bond donors (Lipinski definition) is 1. The highest BCUT2D eigenvalue weighted by atomic mass is 16.5. The molecule has 122 valence electrons. The predicted molar refractivity (Wildman–Crippen MR) is 90.0 cm³/mol. The third-order valence-electron chi connectivity index (χ3n) is 3.33. The van der Waals surface area contributed by atoms with Gasteiger partial charge in [-0.1, -0.05) is 17.3 Å². The molecule has 0 spiro atoms. The molecule has 0 saturated carbocycles. The van der Waals surface area contributed by atoms with Crippen molar-refractivity contribution in [3.05, 3.63) is 60.0 Å². The summed E-state index contributed by atoms with van der Waals surface area (Å²) < 4.78 is 10.4. The zero-order valence-electron chi connectivity index (χ0n) is 13.4. The van der Waals surface area contributed by atoms with Gasteiger partial charge in [0.1, 0.15) is 5.75 Å². The number of rotatable bonds is 5. The van der Waals surface area contributed by atoms with Gasteiger partial charge >= 0.3 is 0 Å². The molecule has 0 aliphatic carbocycles. The number of ether oxygens (including phenoxy) is 1. The van der Waals surface area contributed by atoms with Crippen molar-refractivity contribution in [2.75, 3.05) is 11.9 Å². The maximum Gasteiger partial charge on any atom is 0.255 e. The van der Waals surface area contributed by atoms with Crippen LogP contribution in [0, 0.1) is 6.92 Å². The maximum absolute atomic E-state index is 12.3. The Kier molecular flexibility index (Phi) is 4.56. The van der Waals surface area contributed by atoms with E-state index in [0.29, 0.717) is 29.6 Å². The lowest BCUT2D eigenvalue weighted by atomic mass is 10.1. The Bertz CT molecular complexity index is 841. The van der Waals surface area contributed by atoms with Crippen molar-refractivity contribution in [1.82, 2.24) is 10.1 Å². The van der Waals surface area contributed by atoms with Gasteiger partial charge in [0.15, 0.2) is 0 Å². The lowest BCUT2D eigenvalue weighted by Crippen LogP contribution is -2.11. The van der Waals surface area contributed by atoms with E-state index in [4.69, 9.17) is 9.26 Å². The molecule has 0 unspecified atom stereocenters. The molecule has 6 nitrogen and oxygen atoms in total. The molecule has 0 atom stereocenters. The standard InChI is InChI=1S/C18H17N3O3/c1-3-23-16-9-7-13(8-10-16)18(22)20-15-6-4-5-14(11-15)17-19-12(2)24-21-17/h4-11H,3H2,1-2H3,(H,20,22).